The van der Waals surface area contributed by atoms with E-state index in [-0.39, 0.29) is 18.8 Å². The Morgan fingerprint density at radius 2 is 2.25 bits per heavy atom. The Bertz CT molecular complexity index is 446. The maximum atomic E-state index is 11.6. The lowest BCUT2D eigenvalue weighted by atomic mass is 10.2. The summed E-state index contributed by atoms with van der Waals surface area (Å²) < 4.78 is 15.9. The minimum absolute atomic E-state index is 0.116. The summed E-state index contributed by atoms with van der Waals surface area (Å²) in [7, 11) is 1.59. The van der Waals surface area contributed by atoms with E-state index in [0.717, 1.165) is 5.56 Å². The highest BCUT2D eigenvalue weighted by Gasteiger charge is 2.22. The number of methoxy groups -OCH3 is 1. The van der Waals surface area contributed by atoms with Crippen molar-refractivity contribution in [2.24, 2.45) is 0 Å². The number of carbonyl (C=O) groups excluding carboxylic acids is 1. The fourth-order valence-electron chi connectivity index (χ4n) is 1.93. The van der Waals surface area contributed by atoms with E-state index < -0.39 is 6.09 Å². The smallest absolute Gasteiger partial charge is 0.407 e. The zero-order valence-corrected chi connectivity index (χ0v) is 11.5. The Kier molecular flexibility index (Phi) is 5.58. The van der Waals surface area contributed by atoms with Crippen molar-refractivity contribution in [2.45, 2.75) is 18.8 Å². The molecule has 1 aromatic rings. The van der Waals surface area contributed by atoms with Crippen LogP contribution >= 0.6 is 0 Å². The molecule has 1 aliphatic heterocycles. The number of rotatable bonds is 6. The van der Waals surface area contributed by atoms with Gasteiger partial charge in [0, 0.05) is 13.7 Å². The second-order valence-corrected chi connectivity index (χ2v) is 4.44. The number of benzene rings is 1. The Morgan fingerprint density at radius 1 is 1.45 bits per heavy atom. The summed E-state index contributed by atoms with van der Waals surface area (Å²) in [6.45, 7) is 1.19. The summed E-state index contributed by atoms with van der Waals surface area (Å²) in [4.78, 5) is 11.6. The average Bonchev–Trinajstić information content (AvgIpc) is 3.01. The molecule has 0 aliphatic carbocycles. The van der Waals surface area contributed by atoms with Crippen molar-refractivity contribution in [3.8, 4) is 0 Å². The van der Waals surface area contributed by atoms with Gasteiger partial charge in [-0.3, -0.25) is 0 Å². The van der Waals surface area contributed by atoms with Crippen LogP contribution in [0.15, 0.2) is 42.5 Å². The molecule has 0 spiro atoms. The number of alkyl carbamates (subject to hydrolysis) is 1. The van der Waals surface area contributed by atoms with E-state index in [1.54, 1.807) is 7.11 Å². The second-order valence-electron chi connectivity index (χ2n) is 4.44. The van der Waals surface area contributed by atoms with E-state index in [2.05, 4.69) is 5.32 Å². The van der Waals surface area contributed by atoms with Crippen LogP contribution in [-0.2, 0) is 20.8 Å². The van der Waals surface area contributed by atoms with Crippen LogP contribution in [0.5, 0.6) is 0 Å². The maximum absolute atomic E-state index is 11.6. The summed E-state index contributed by atoms with van der Waals surface area (Å²) in [5.41, 5.74) is 0.952. The van der Waals surface area contributed by atoms with Gasteiger partial charge in [0.15, 0.2) is 0 Å². The van der Waals surface area contributed by atoms with Gasteiger partial charge in [-0.1, -0.05) is 42.5 Å². The molecule has 5 nitrogen and oxygen atoms in total. The summed E-state index contributed by atoms with van der Waals surface area (Å²) in [6, 6.07) is 9.54. The van der Waals surface area contributed by atoms with Crippen LogP contribution in [-0.4, -0.2) is 38.6 Å². The summed E-state index contributed by atoms with van der Waals surface area (Å²) >= 11 is 0. The molecule has 1 aromatic carbocycles. The lowest BCUT2D eigenvalue weighted by Gasteiger charge is -2.20. The van der Waals surface area contributed by atoms with Crippen LogP contribution in [0.2, 0.25) is 0 Å². The van der Waals surface area contributed by atoms with Gasteiger partial charge < -0.3 is 19.5 Å². The summed E-state index contributed by atoms with van der Waals surface area (Å²) in [5, 5.41) is 2.68. The van der Waals surface area contributed by atoms with Crippen LogP contribution in [0, 0.1) is 0 Å². The van der Waals surface area contributed by atoms with Gasteiger partial charge in [0.25, 0.3) is 0 Å². The number of ether oxygens (including phenoxy) is 3. The van der Waals surface area contributed by atoms with E-state index >= 15 is 0 Å². The Morgan fingerprint density at radius 3 is 2.90 bits per heavy atom. The molecule has 1 heterocycles. The van der Waals surface area contributed by atoms with Gasteiger partial charge >= 0.3 is 6.09 Å². The van der Waals surface area contributed by atoms with Crippen LogP contribution in [0.3, 0.4) is 0 Å². The van der Waals surface area contributed by atoms with Crippen LogP contribution < -0.4 is 5.32 Å². The molecular weight excluding hydrogens is 258 g/mol. The Balaban J connectivity index is 1.70. The number of nitrogens with one attached hydrogen (secondary N) is 1. The predicted octanol–water partition coefficient (Wildman–Crippen LogP) is 1.88. The van der Waals surface area contributed by atoms with Crippen molar-refractivity contribution >= 4 is 6.09 Å². The predicted molar refractivity (Wildman–Crippen MR) is 74.3 cm³/mol. The molecule has 0 aromatic heterocycles. The lowest BCUT2D eigenvalue weighted by Crippen LogP contribution is -2.40. The molecule has 0 fully saturated rings. The first-order chi connectivity index (χ1) is 9.79. The van der Waals surface area contributed by atoms with Gasteiger partial charge in [0.05, 0.1) is 6.61 Å². The molecule has 0 saturated carbocycles. The third-order valence-electron chi connectivity index (χ3n) is 3.04. The quantitative estimate of drug-likeness (QED) is 0.807. The molecule has 20 heavy (non-hydrogen) atoms. The molecule has 1 amide bonds. The van der Waals surface area contributed by atoms with Gasteiger partial charge in [-0.15, -0.1) is 0 Å². The van der Waals surface area contributed by atoms with Gasteiger partial charge in [-0.2, -0.15) is 0 Å². The molecule has 2 atom stereocenters. The molecular formula is C15H19NO4. The van der Waals surface area contributed by atoms with Gasteiger partial charge in [-0.25, -0.2) is 4.79 Å². The van der Waals surface area contributed by atoms with E-state index in [9.17, 15) is 4.79 Å². The first-order valence-corrected chi connectivity index (χ1v) is 6.55. The zero-order valence-electron chi connectivity index (χ0n) is 11.5. The maximum Gasteiger partial charge on any atom is 0.407 e. The van der Waals surface area contributed by atoms with Gasteiger partial charge in [-0.05, 0) is 5.56 Å². The highest BCUT2D eigenvalue weighted by molar-refractivity contribution is 5.67. The average molecular weight is 277 g/mol. The normalized spacial score (nSPS) is 18.8. The standard InChI is InChI=1S/C15H19NO4/c1-18-14(13-8-5-9-19-13)10-16-15(17)20-11-12-6-3-2-4-7-12/h2-8,13-14H,9-11H2,1H3,(H,16,17)/t13-,14-/m0/s1. The first kappa shape index (κ1) is 14.6. The fraction of sp³-hybridized carbons (Fsp3) is 0.400. The third kappa shape index (κ3) is 4.36. The van der Waals surface area contributed by atoms with Crippen molar-refractivity contribution in [2.75, 3.05) is 20.3 Å². The number of carbonyl (C=O) groups is 1. The van der Waals surface area contributed by atoms with Crippen molar-refractivity contribution in [3.05, 3.63) is 48.0 Å². The monoisotopic (exact) mass is 277 g/mol. The van der Waals surface area contributed by atoms with Crippen molar-refractivity contribution in [3.63, 3.8) is 0 Å². The SMILES string of the molecule is CO[C@@H](CNC(=O)OCc1ccccc1)[C@@H]1C=CCO1. The number of hydrogen-bond acceptors (Lipinski definition) is 4. The van der Waals surface area contributed by atoms with Crippen molar-refractivity contribution in [1.29, 1.82) is 0 Å². The Hall–Kier alpha value is -1.85. The molecule has 2 rings (SSSR count). The van der Waals surface area contributed by atoms with E-state index in [0.29, 0.717) is 13.2 Å². The van der Waals surface area contributed by atoms with Crippen molar-refractivity contribution in [1.82, 2.24) is 5.32 Å². The molecule has 0 radical (unpaired) electrons. The zero-order chi connectivity index (χ0) is 14.2. The second kappa shape index (κ2) is 7.67. The first-order valence-electron chi connectivity index (χ1n) is 6.55. The molecule has 0 saturated heterocycles. The number of amides is 1. The van der Waals surface area contributed by atoms with Crippen LogP contribution in [0.4, 0.5) is 4.79 Å². The molecule has 108 valence electrons. The van der Waals surface area contributed by atoms with Crippen LogP contribution in [0.25, 0.3) is 0 Å². The summed E-state index contributed by atoms with van der Waals surface area (Å²) in [5.74, 6) is 0. The fourth-order valence-corrected chi connectivity index (χ4v) is 1.93. The summed E-state index contributed by atoms with van der Waals surface area (Å²) in [6.07, 6.45) is 3.08. The van der Waals surface area contributed by atoms with Gasteiger partial charge in [0.2, 0.25) is 0 Å². The molecule has 0 unspecified atom stereocenters. The lowest BCUT2D eigenvalue weighted by molar-refractivity contribution is -0.0126. The van der Waals surface area contributed by atoms with E-state index in [1.807, 2.05) is 42.5 Å². The third-order valence-corrected chi connectivity index (χ3v) is 3.04. The van der Waals surface area contributed by atoms with E-state index in [4.69, 9.17) is 14.2 Å². The van der Waals surface area contributed by atoms with Crippen LogP contribution in [0.1, 0.15) is 5.56 Å². The molecule has 5 heteroatoms. The van der Waals surface area contributed by atoms with Gasteiger partial charge in [0.1, 0.15) is 18.8 Å². The topological polar surface area (TPSA) is 56.8 Å². The van der Waals surface area contributed by atoms with Crippen molar-refractivity contribution < 1.29 is 19.0 Å². The molecule has 0 bridgehead atoms. The molecule has 1 aliphatic rings. The minimum atomic E-state index is -0.460. The highest BCUT2D eigenvalue weighted by Crippen LogP contribution is 2.10. The molecule has 1 N–H and O–H groups in total. The minimum Gasteiger partial charge on any atom is -0.445 e. The van der Waals surface area contributed by atoms with E-state index in [1.165, 1.54) is 0 Å². The highest BCUT2D eigenvalue weighted by atomic mass is 16.6. The largest absolute Gasteiger partial charge is 0.445 e. The Labute approximate surface area is 118 Å². The number of hydrogen-bond donors (Lipinski definition) is 1.